The molecule has 5 aromatic rings. The van der Waals surface area contributed by atoms with Gasteiger partial charge in [-0.15, -0.1) is 5.10 Å². The summed E-state index contributed by atoms with van der Waals surface area (Å²) in [6.07, 6.45) is 0.373. The minimum Gasteiger partial charge on any atom is -0.366 e. The van der Waals surface area contributed by atoms with Crippen LogP contribution < -0.4 is 16.4 Å². The van der Waals surface area contributed by atoms with Gasteiger partial charge in [0.15, 0.2) is 15.7 Å². The predicted octanol–water partition coefficient (Wildman–Crippen LogP) is 2.61. The van der Waals surface area contributed by atoms with Crippen LogP contribution in [0.1, 0.15) is 38.5 Å². The van der Waals surface area contributed by atoms with Gasteiger partial charge in [-0.2, -0.15) is 4.98 Å². The van der Waals surface area contributed by atoms with Gasteiger partial charge in [-0.25, -0.2) is 12.9 Å². The lowest BCUT2D eigenvalue weighted by Gasteiger charge is -2.14. The number of rotatable bonds is 7. The van der Waals surface area contributed by atoms with Crippen LogP contribution in [0.15, 0.2) is 66.7 Å². The summed E-state index contributed by atoms with van der Waals surface area (Å²) in [5.74, 6) is -0.203. The fraction of sp³-hybridized carbons (Fsp3) is 0.214. The van der Waals surface area contributed by atoms with Crippen molar-refractivity contribution in [3.8, 4) is 5.95 Å². The first kappa shape index (κ1) is 25.6. The van der Waals surface area contributed by atoms with Crippen LogP contribution >= 0.6 is 0 Å². The third-order valence-electron chi connectivity index (χ3n) is 7.10. The average Bonchev–Trinajstić information content (AvgIpc) is 3.61. The lowest BCUT2D eigenvalue weighted by Crippen LogP contribution is -2.36. The second kappa shape index (κ2) is 9.79. The van der Waals surface area contributed by atoms with Crippen LogP contribution in [0.3, 0.4) is 0 Å². The molecule has 4 N–H and O–H groups in total. The molecule has 0 radical (unpaired) electrons. The Morgan fingerprint density at radius 1 is 1.05 bits per heavy atom. The number of hydrogen-bond donors (Lipinski definition) is 3. The molecule has 40 heavy (non-hydrogen) atoms. The van der Waals surface area contributed by atoms with E-state index in [4.69, 9.17) is 15.8 Å². The van der Waals surface area contributed by atoms with E-state index >= 15 is 0 Å². The first-order valence-corrected chi connectivity index (χ1v) is 14.6. The number of fused-ring (bicyclic) bond motifs is 2. The van der Waals surface area contributed by atoms with Gasteiger partial charge in [-0.3, -0.25) is 14.2 Å². The molecule has 11 nitrogen and oxygen atoms in total. The Labute approximate surface area is 229 Å². The molecule has 2 aromatic carbocycles. The molecule has 1 unspecified atom stereocenters. The van der Waals surface area contributed by atoms with Crippen molar-refractivity contribution in [3.63, 3.8) is 0 Å². The summed E-state index contributed by atoms with van der Waals surface area (Å²) in [6.45, 7) is 2.36. The van der Waals surface area contributed by atoms with Gasteiger partial charge in [-0.1, -0.05) is 36.4 Å². The van der Waals surface area contributed by atoms with Crippen LogP contribution in [0.25, 0.3) is 22.4 Å². The predicted molar refractivity (Wildman–Crippen MR) is 151 cm³/mol. The highest BCUT2D eigenvalue weighted by Crippen LogP contribution is 2.27. The molecular formula is C28H27N7O4S. The Hall–Kier alpha value is -4.71. The quantitative estimate of drug-likeness (QED) is 0.278. The molecule has 1 atom stereocenters. The maximum atomic E-state index is 13.3. The molecule has 6 rings (SSSR count). The number of nitrogens with one attached hydrogen (secondary N) is 2. The van der Waals surface area contributed by atoms with Gasteiger partial charge in [0, 0.05) is 29.2 Å². The topological polar surface area (TPSA) is 153 Å². The minimum absolute atomic E-state index is 0.0555. The molecule has 1 saturated heterocycles. The Morgan fingerprint density at radius 2 is 1.85 bits per heavy atom. The first-order valence-electron chi connectivity index (χ1n) is 12.8. The van der Waals surface area contributed by atoms with E-state index in [9.17, 15) is 18.0 Å². The van der Waals surface area contributed by atoms with E-state index in [1.807, 2.05) is 49.4 Å². The number of amides is 2. The van der Waals surface area contributed by atoms with Gasteiger partial charge in [0.1, 0.15) is 11.2 Å². The van der Waals surface area contributed by atoms with Gasteiger partial charge >= 0.3 is 0 Å². The number of aryl methyl sites for hydroxylation is 1. The van der Waals surface area contributed by atoms with Crippen molar-refractivity contribution in [1.29, 1.82) is 0 Å². The highest BCUT2D eigenvalue weighted by atomic mass is 32.2. The SMILES string of the molecule is Cc1cc2c(C(N)=O)cccc2n1-c1nc(NCc2ccccc2)c2ccc(C(=O)NC3CCS(=O)(=O)C3)n2n1. The number of nitrogens with two attached hydrogens (primary N) is 1. The average molecular weight is 558 g/mol. The van der Waals surface area contributed by atoms with Crippen LogP contribution in [0.5, 0.6) is 0 Å². The summed E-state index contributed by atoms with van der Waals surface area (Å²) in [5.41, 5.74) is 9.33. The molecule has 204 valence electrons. The van der Waals surface area contributed by atoms with Crippen LogP contribution in [0.2, 0.25) is 0 Å². The lowest BCUT2D eigenvalue weighted by atomic mass is 10.1. The van der Waals surface area contributed by atoms with Crippen molar-refractivity contribution in [2.45, 2.75) is 25.9 Å². The Balaban J connectivity index is 1.47. The number of hydrogen-bond acceptors (Lipinski definition) is 7. The normalized spacial score (nSPS) is 16.4. The molecule has 2 amide bonds. The maximum Gasteiger partial charge on any atom is 0.270 e. The lowest BCUT2D eigenvalue weighted by molar-refractivity contribution is 0.0933. The molecule has 0 saturated carbocycles. The van der Waals surface area contributed by atoms with Gasteiger partial charge in [0.25, 0.3) is 11.9 Å². The molecular weight excluding hydrogens is 530 g/mol. The van der Waals surface area contributed by atoms with Gasteiger partial charge in [0.2, 0.25) is 5.91 Å². The van der Waals surface area contributed by atoms with Crippen molar-refractivity contribution in [2.75, 3.05) is 16.8 Å². The molecule has 4 heterocycles. The van der Waals surface area contributed by atoms with E-state index in [1.165, 1.54) is 4.52 Å². The number of aromatic nitrogens is 4. The van der Waals surface area contributed by atoms with Gasteiger partial charge in [-0.05, 0) is 49.2 Å². The number of benzene rings is 2. The van der Waals surface area contributed by atoms with Crippen molar-refractivity contribution < 1.29 is 18.0 Å². The fourth-order valence-corrected chi connectivity index (χ4v) is 6.85. The summed E-state index contributed by atoms with van der Waals surface area (Å²) in [5, 5.41) is 11.6. The largest absolute Gasteiger partial charge is 0.366 e. The van der Waals surface area contributed by atoms with Gasteiger partial charge in [0.05, 0.1) is 17.0 Å². The third kappa shape index (κ3) is 4.66. The zero-order valence-corrected chi connectivity index (χ0v) is 22.5. The van der Waals surface area contributed by atoms with E-state index in [-0.39, 0.29) is 23.1 Å². The molecule has 12 heteroatoms. The summed E-state index contributed by atoms with van der Waals surface area (Å²) in [6, 6.07) is 19.9. The zero-order valence-electron chi connectivity index (χ0n) is 21.7. The second-order valence-corrected chi connectivity index (χ2v) is 12.1. The van der Waals surface area contributed by atoms with Crippen LogP contribution in [0.4, 0.5) is 5.82 Å². The summed E-state index contributed by atoms with van der Waals surface area (Å²) >= 11 is 0. The standard InChI is InChI=1S/C28H27N7O4S/c1-17-14-21-20(25(29)36)8-5-9-22(21)34(17)28-32-26(30-15-18-6-3-2-4-7-18)23-10-11-24(35(23)33-28)27(37)31-19-12-13-40(38,39)16-19/h2-11,14,19H,12-13,15-16H2,1H3,(H2,29,36)(H,31,37)(H,30,32,33). The van der Waals surface area contributed by atoms with E-state index in [0.29, 0.717) is 40.8 Å². The summed E-state index contributed by atoms with van der Waals surface area (Å²) < 4.78 is 27.2. The number of carbonyl (C=O) groups excluding carboxylic acids is 2. The van der Waals surface area contributed by atoms with E-state index < -0.39 is 27.7 Å². The molecule has 3 aromatic heterocycles. The number of carbonyl (C=O) groups is 2. The van der Waals surface area contributed by atoms with Gasteiger partial charge < -0.3 is 16.4 Å². The maximum absolute atomic E-state index is 13.3. The number of nitrogens with zero attached hydrogens (tertiary/aromatic N) is 4. The van der Waals surface area contributed by atoms with Crippen molar-refractivity contribution in [3.05, 3.63) is 89.2 Å². The van der Waals surface area contributed by atoms with E-state index in [1.54, 1.807) is 28.8 Å². The highest BCUT2D eigenvalue weighted by Gasteiger charge is 2.30. The van der Waals surface area contributed by atoms with Crippen molar-refractivity contribution >= 4 is 43.9 Å². The number of anilines is 1. The van der Waals surface area contributed by atoms with Crippen molar-refractivity contribution in [1.82, 2.24) is 24.5 Å². The Kier molecular flexibility index (Phi) is 6.26. The number of sulfone groups is 1. The number of primary amides is 1. The summed E-state index contributed by atoms with van der Waals surface area (Å²) in [7, 11) is -3.16. The minimum atomic E-state index is -3.16. The molecule has 0 spiro atoms. The smallest absolute Gasteiger partial charge is 0.270 e. The molecule has 0 bridgehead atoms. The zero-order chi connectivity index (χ0) is 28.0. The van der Waals surface area contributed by atoms with Crippen LogP contribution in [0, 0.1) is 6.92 Å². The Morgan fingerprint density at radius 3 is 2.58 bits per heavy atom. The van der Waals surface area contributed by atoms with Crippen LogP contribution in [-0.2, 0) is 16.4 Å². The van der Waals surface area contributed by atoms with Crippen LogP contribution in [-0.4, -0.2) is 56.9 Å². The molecule has 1 aliphatic heterocycles. The van der Waals surface area contributed by atoms with Crippen molar-refractivity contribution in [2.24, 2.45) is 5.73 Å². The van der Waals surface area contributed by atoms with E-state index in [2.05, 4.69) is 10.6 Å². The third-order valence-corrected chi connectivity index (χ3v) is 8.87. The first-order chi connectivity index (χ1) is 19.2. The van der Waals surface area contributed by atoms with E-state index in [0.717, 1.165) is 11.3 Å². The second-order valence-electron chi connectivity index (χ2n) is 9.91. The molecule has 1 fully saturated rings. The monoisotopic (exact) mass is 557 g/mol. The summed E-state index contributed by atoms with van der Waals surface area (Å²) in [4.78, 5) is 30.2. The fourth-order valence-electron chi connectivity index (χ4n) is 5.17. The highest BCUT2D eigenvalue weighted by molar-refractivity contribution is 7.91. The Bertz CT molecular complexity index is 1890. The molecule has 0 aliphatic carbocycles. The molecule has 1 aliphatic rings.